The maximum Gasteiger partial charge on any atom is 0.354 e. The van der Waals surface area contributed by atoms with Crippen LogP contribution in [0.4, 0.5) is 0 Å². The van der Waals surface area contributed by atoms with E-state index in [0.717, 1.165) is 51.2 Å². The fourth-order valence-corrected chi connectivity index (χ4v) is 5.54. The molecule has 1 atom stereocenters. The molecule has 0 aliphatic carbocycles. The third-order valence-corrected chi connectivity index (χ3v) is 8.01. The number of carbonyl (C=O) groups excluding carboxylic acids is 2. The molecule has 0 radical (unpaired) electrons. The highest BCUT2D eigenvalue weighted by Crippen LogP contribution is 2.41. The Hall–Kier alpha value is -3.63. The Labute approximate surface area is 238 Å². The maximum atomic E-state index is 12.9. The van der Waals surface area contributed by atoms with E-state index in [1.54, 1.807) is 16.3 Å². The van der Waals surface area contributed by atoms with Gasteiger partial charge in [0, 0.05) is 43.9 Å². The van der Waals surface area contributed by atoms with Gasteiger partial charge in [0.1, 0.15) is 5.69 Å². The van der Waals surface area contributed by atoms with Gasteiger partial charge in [0.15, 0.2) is 0 Å². The third kappa shape index (κ3) is 5.25. The molecule has 0 spiro atoms. The van der Waals surface area contributed by atoms with Crippen LogP contribution >= 0.6 is 11.6 Å². The zero-order chi connectivity index (χ0) is 29.3. The van der Waals surface area contributed by atoms with E-state index >= 15 is 0 Å². The van der Waals surface area contributed by atoms with Crippen molar-refractivity contribution in [2.75, 3.05) is 14.2 Å². The maximum absolute atomic E-state index is 12.9. The summed E-state index contributed by atoms with van der Waals surface area (Å²) in [5, 5.41) is 20.3. The van der Waals surface area contributed by atoms with Gasteiger partial charge in [-0.25, -0.2) is 4.79 Å². The van der Waals surface area contributed by atoms with Crippen LogP contribution in [0.25, 0.3) is 22.2 Å². The van der Waals surface area contributed by atoms with Crippen molar-refractivity contribution < 1.29 is 24.2 Å². The van der Waals surface area contributed by atoms with Crippen molar-refractivity contribution in [3.8, 4) is 11.3 Å². The van der Waals surface area contributed by atoms with Crippen LogP contribution < -0.4 is 0 Å². The second-order valence-corrected chi connectivity index (χ2v) is 10.5. The van der Waals surface area contributed by atoms with Gasteiger partial charge in [-0.1, -0.05) is 24.6 Å². The SMILES string of the molecule is COC(=O)CCc1c(C(=O)OC)n(C)c2c(-c3c(C)c(C)nn3CCC(C)c3cc(CO)n(C)n3)c(Cl)ccc12. The molecule has 0 amide bonds. The minimum atomic E-state index is -0.492. The monoisotopic (exact) mass is 569 g/mol. The number of aliphatic hydroxyl groups excluding tert-OH is 1. The fourth-order valence-electron chi connectivity index (χ4n) is 5.30. The Bertz CT molecular complexity index is 1580. The number of aryl methyl sites for hydroxylation is 5. The number of methoxy groups -OCH3 is 2. The van der Waals surface area contributed by atoms with Crippen molar-refractivity contribution in [3.05, 3.63) is 57.1 Å². The molecule has 10 nitrogen and oxygen atoms in total. The highest BCUT2D eigenvalue weighted by atomic mass is 35.5. The number of hydrogen-bond donors (Lipinski definition) is 1. The Morgan fingerprint density at radius 1 is 1.12 bits per heavy atom. The summed E-state index contributed by atoms with van der Waals surface area (Å²) in [4.78, 5) is 24.9. The molecule has 1 aromatic carbocycles. The minimum Gasteiger partial charge on any atom is -0.469 e. The Kier molecular flexibility index (Phi) is 8.70. The van der Waals surface area contributed by atoms with E-state index in [-0.39, 0.29) is 24.9 Å². The van der Waals surface area contributed by atoms with E-state index in [4.69, 9.17) is 26.2 Å². The second kappa shape index (κ2) is 11.9. The summed E-state index contributed by atoms with van der Waals surface area (Å²) in [5.41, 5.74) is 7.02. The normalized spacial score (nSPS) is 12.2. The molecule has 4 aromatic rings. The van der Waals surface area contributed by atoms with Gasteiger partial charge in [0.05, 0.1) is 54.1 Å². The smallest absolute Gasteiger partial charge is 0.354 e. The van der Waals surface area contributed by atoms with Crippen LogP contribution in [-0.4, -0.2) is 55.4 Å². The molecule has 3 aromatic heterocycles. The summed E-state index contributed by atoms with van der Waals surface area (Å²) in [5.74, 6) is -0.727. The van der Waals surface area contributed by atoms with Gasteiger partial charge in [0.2, 0.25) is 0 Å². The summed E-state index contributed by atoms with van der Waals surface area (Å²) in [7, 11) is 6.31. The molecule has 0 bridgehead atoms. The lowest BCUT2D eigenvalue weighted by Crippen LogP contribution is -2.12. The van der Waals surface area contributed by atoms with Gasteiger partial charge in [-0.15, -0.1) is 0 Å². The number of aliphatic hydroxyl groups is 1. The number of carbonyl (C=O) groups is 2. The Balaban J connectivity index is 1.83. The van der Waals surface area contributed by atoms with Crippen molar-refractivity contribution in [2.24, 2.45) is 14.1 Å². The number of benzene rings is 1. The van der Waals surface area contributed by atoms with E-state index in [9.17, 15) is 14.7 Å². The molecule has 0 saturated heterocycles. The number of aromatic nitrogens is 5. The van der Waals surface area contributed by atoms with Crippen LogP contribution in [0.15, 0.2) is 18.2 Å². The lowest BCUT2D eigenvalue weighted by atomic mass is 9.99. The van der Waals surface area contributed by atoms with Gasteiger partial charge >= 0.3 is 11.9 Å². The highest BCUT2D eigenvalue weighted by molar-refractivity contribution is 6.35. The number of ether oxygens (including phenoxy) is 2. The molecule has 0 aliphatic heterocycles. The molecule has 3 heterocycles. The number of fused-ring (bicyclic) bond motifs is 1. The van der Waals surface area contributed by atoms with Crippen molar-refractivity contribution >= 4 is 34.4 Å². The quantitative estimate of drug-likeness (QED) is 0.277. The first-order valence-electron chi connectivity index (χ1n) is 13.2. The van der Waals surface area contributed by atoms with Gasteiger partial charge in [-0.3, -0.25) is 14.2 Å². The molecule has 11 heteroatoms. The lowest BCUT2D eigenvalue weighted by molar-refractivity contribution is -0.140. The Morgan fingerprint density at radius 3 is 2.48 bits per heavy atom. The molecule has 0 saturated carbocycles. The molecule has 0 aliphatic rings. The highest BCUT2D eigenvalue weighted by Gasteiger charge is 2.28. The number of nitrogens with zero attached hydrogens (tertiary/aromatic N) is 5. The number of rotatable bonds is 10. The molecule has 40 heavy (non-hydrogen) atoms. The van der Waals surface area contributed by atoms with E-state index in [1.807, 2.05) is 43.8 Å². The first-order valence-corrected chi connectivity index (χ1v) is 13.5. The summed E-state index contributed by atoms with van der Waals surface area (Å²) in [6.45, 7) is 6.62. The summed E-state index contributed by atoms with van der Waals surface area (Å²) < 4.78 is 15.4. The largest absolute Gasteiger partial charge is 0.469 e. The van der Waals surface area contributed by atoms with Crippen molar-refractivity contribution in [1.29, 1.82) is 0 Å². The average molecular weight is 570 g/mol. The average Bonchev–Trinajstić information content (AvgIpc) is 3.56. The van der Waals surface area contributed by atoms with Gasteiger partial charge in [0.25, 0.3) is 0 Å². The standard InChI is InChI=1S/C29H36ClN5O5/c1-16(23-14-19(15-36)34(5)32-23)12-13-35-26(17(2)18(3)31-35)25-22(30)10-8-20-21(9-11-24(37)39-6)28(29(38)40-7)33(4)27(20)25/h8,10,14,16,36H,9,11-13,15H2,1-7H3. The van der Waals surface area contributed by atoms with Crippen LogP contribution in [0.5, 0.6) is 0 Å². The predicted molar refractivity (Wildman–Crippen MR) is 152 cm³/mol. The lowest BCUT2D eigenvalue weighted by Gasteiger charge is -2.15. The van der Waals surface area contributed by atoms with Gasteiger partial charge in [-0.05, 0) is 49.9 Å². The first kappa shape index (κ1) is 29.4. The summed E-state index contributed by atoms with van der Waals surface area (Å²) >= 11 is 6.90. The van der Waals surface area contributed by atoms with E-state index < -0.39 is 5.97 Å². The van der Waals surface area contributed by atoms with Crippen molar-refractivity contribution in [1.82, 2.24) is 24.1 Å². The molecule has 1 N–H and O–H groups in total. The topological polar surface area (TPSA) is 113 Å². The zero-order valence-corrected chi connectivity index (χ0v) is 24.8. The van der Waals surface area contributed by atoms with Crippen LogP contribution in [0, 0.1) is 13.8 Å². The second-order valence-electron chi connectivity index (χ2n) is 10.1. The van der Waals surface area contributed by atoms with Crippen LogP contribution in [-0.2, 0) is 47.9 Å². The van der Waals surface area contributed by atoms with Crippen LogP contribution in [0.1, 0.15) is 64.4 Å². The first-order chi connectivity index (χ1) is 19.0. The molecular weight excluding hydrogens is 534 g/mol. The summed E-state index contributed by atoms with van der Waals surface area (Å²) in [6.07, 6.45) is 1.19. The predicted octanol–water partition coefficient (Wildman–Crippen LogP) is 4.62. The molecule has 4 rings (SSSR count). The zero-order valence-electron chi connectivity index (χ0n) is 24.0. The van der Waals surface area contributed by atoms with Gasteiger partial charge in [-0.2, -0.15) is 10.2 Å². The number of halogens is 1. The van der Waals surface area contributed by atoms with E-state index in [2.05, 4.69) is 12.0 Å². The van der Waals surface area contributed by atoms with E-state index in [1.165, 1.54) is 14.2 Å². The molecule has 0 fully saturated rings. The molecule has 214 valence electrons. The summed E-state index contributed by atoms with van der Waals surface area (Å²) in [6, 6.07) is 5.63. The van der Waals surface area contributed by atoms with E-state index in [0.29, 0.717) is 29.2 Å². The number of hydrogen-bond acceptors (Lipinski definition) is 7. The van der Waals surface area contributed by atoms with Crippen LogP contribution in [0.2, 0.25) is 5.02 Å². The van der Waals surface area contributed by atoms with Crippen LogP contribution in [0.3, 0.4) is 0 Å². The molecular formula is C29H36ClN5O5. The van der Waals surface area contributed by atoms with Crippen molar-refractivity contribution in [2.45, 2.75) is 59.1 Å². The Morgan fingerprint density at radius 2 is 1.85 bits per heavy atom. The third-order valence-electron chi connectivity index (χ3n) is 7.69. The fraction of sp³-hybridized carbons (Fsp3) is 0.448. The van der Waals surface area contributed by atoms with Gasteiger partial charge < -0.3 is 19.1 Å². The number of esters is 2. The molecule has 1 unspecified atom stereocenters. The minimum absolute atomic E-state index is 0.0632. The van der Waals surface area contributed by atoms with Crippen molar-refractivity contribution in [3.63, 3.8) is 0 Å².